The predicted octanol–water partition coefficient (Wildman–Crippen LogP) is 5.17. The monoisotopic (exact) mass is 288 g/mol. The topological polar surface area (TPSA) is 36.7 Å². The first-order valence-electron chi connectivity index (χ1n) is 7.17. The summed E-state index contributed by atoms with van der Waals surface area (Å²) in [5.41, 5.74) is 6.30. The molecule has 0 spiro atoms. The van der Waals surface area contributed by atoms with Crippen molar-refractivity contribution < 1.29 is 0 Å². The highest BCUT2D eigenvalue weighted by Gasteiger charge is 2.12. The van der Waals surface area contributed by atoms with Crippen LogP contribution in [-0.2, 0) is 0 Å². The predicted molar refractivity (Wildman–Crippen MR) is 95.9 cm³/mol. The van der Waals surface area contributed by atoms with Gasteiger partial charge >= 0.3 is 0 Å². The summed E-state index contributed by atoms with van der Waals surface area (Å²) in [6, 6.07) is 14.0. The van der Waals surface area contributed by atoms with Gasteiger partial charge in [-0.15, -0.1) is 0 Å². The molecule has 2 aromatic rings. The average molecular weight is 288 g/mol. The first-order valence-corrected chi connectivity index (χ1v) is 7.17. The smallest absolute Gasteiger partial charge is 0.0741 e. The zero-order chi connectivity index (χ0) is 16.1. The molecule has 1 aromatic carbocycles. The molecule has 0 unspecified atom stereocenters. The van der Waals surface area contributed by atoms with Crippen molar-refractivity contribution in [1.82, 2.24) is 4.98 Å². The van der Waals surface area contributed by atoms with Gasteiger partial charge in [-0.2, -0.15) is 0 Å². The van der Waals surface area contributed by atoms with Crippen LogP contribution in [0.5, 0.6) is 0 Å². The van der Waals surface area contributed by atoms with Gasteiger partial charge in [-0.05, 0) is 36.6 Å². The van der Waals surface area contributed by atoms with Gasteiger partial charge in [0.05, 0.1) is 11.4 Å². The standard InChI is InChI=1S/C20H20N2/c1-5-18(16(4)17-9-7-6-8-10-17)20-14(2)11-12-19(22-20)15(3)13-21/h5-13,21H,3-4H2,1-2H3/b18-5-,21-13?. The average Bonchev–Trinajstić information content (AvgIpc) is 2.57. The van der Waals surface area contributed by atoms with Crippen LogP contribution < -0.4 is 0 Å². The van der Waals surface area contributed by atoms with Gasteiger partial charge < -0.3 is 5.41 Å². The zero-order valence-corrected chi connectivity index (χ0v) is 13.1. The molecule has 2 rings (SSSR count). The maximum Gasteiger partial charge on any atom is 0.0741 e. The number of hydrogen-bond acceptors (Lipinski definition) is 2. The zero-order valence-electron chi connectivity index (χ0n) is 13.1. The first-order chi connectivity index (χ1) is 10.6. The molecule has 2 heteroatoms. The quantitative estimate of drug-likeness (QED) is 0.598. The molecule has 0 radical (unpaired) electrons. The summed E-state index contributed by atoms with van der Waals surface area (Å²) in [5.74, 6) is 0. The Morgan fingerprint density at radius 2 is 1.77 bits per heavy atom. The van der Waals surface area contributed by atoms with Crippen molar-refractivity contribution >= 4 is 22.9 Å². The number of nitrogens with zero attached hydrogens (tertiary/aromatic N) is 1. The number of hydrogen-bond donors (Lipinski definition) is 1. The first kappa shape index (κ1) is 15.6. The van der Waals surface area contributed by atoms with Gasteiger partial charge in [0, 0.05) is 17.4 Å². The number of allylic oxidation sites excluding steroid dienone is 4. The van der Waals surface area contributed by atoms with E-state index >= 15 is 0 Å². The molecule has 0 fully saturated rings. The van der Waals surface area contributed by atoms with E-state index < -0.39 is 0 Å². The fraction of sp³-hybridized carbons (Fsp3) is 0.100. The number of benzene rings is 1. The van der Waals surface area contributed by atoms with Gasteiger partial charge in [0.25, 0.3) is 0 Å². The van der Waals surface area contributed by atoms with Crippen molar-refractivity contribution in [1.29, 1.82) is 5.41 Å². The highest BCUT2D eigenvalue weighted by Crippen LogP contribution is 2.31. The Labute approximate surface area is 132 Å². The molecule has 1 aromatic heterocycles. The summed E-state index contributed by atoms with van der Waals surface area (Å²) >= 11 is 0. The molecule has 110 valence electrons. The van der Waals surface area contributed by atoms with Gasteiger partial charge in [-0.3, -0.25) is 0 Å². The minimum Gasteiger partial charge on any atom is -0.308 e. The molecule has 0 saturated carbocycles. The minimum atomic E-state index is 0.599. The fourth-order valence-corrected chi connectivity index (χ4v) is 2.30. The summed E-state index contributed by atoms with van der Waals surface area (Å²) in [7, 11) is 0. The van der Waals surface area contributed by atoms with Crippen LogP contribution >= 0.6 is 0 Å². The van der Waals surface area contributed by atoms with Crippen molar-refractivity contribution in [2.24, 2.45) is 0 Å². The lowest BCUT2D eigenvalue weighted by Crippen LogP contribution is -2.00. The van der Waals surface area contributed by atoms with Crippen molar-refractivity contribution in [3.05, 3.63) is 84.2 Å². The second-order valence-corrected chi connectivity index (χ2v) is 5.08. The van der Waals surface area contributed by atoms with Crippen molar-refractivity contribution in [3.8, 4) is 0 Å². The van der Waals surface area contributed by atoms with Gasteiger partial charge in [0.15, 0.2) is 0 Å². The Balaban J connectivity index is 2.50. The van der Waals surface area contributed by atoms with E-state index in [0.29, 0.717) is 5.57 Å². The summed E-state index contributed by atoms with van der Waals surface area (Å²) in [6.45, 7) is 12.1. The number of aromatic nitrogens is 1. The number of rotatable bonds is 5. The van der Waals surface area contributed by atoms with Gasteiger partial charge in [-0.1, -0.05) is 55.6 Å². The van der Waals surface area contributed by atoms with Crippen molar-refractivity contribution in [2.75, 3.05) is 0 Å². The summed E-state index contributed by atoms with van der Waals surface area (Å²) in [6.07, 6.45) is 3.25. The van der Waals surface area contributed by atoms with Gasteiger partial charge in [0.2, 0.25) is 0 Å². The van der Waals surface area contributed by atoms with Crippen LogP contribution in [0.4, 0.5) is 0 Å². The third-order valence-electron chi connectivity index (χ3n) is 3.59. The number of nitrogens with one attached hydrogen (secondary N) is 1. The molecule has 22 heavy (non-hydrogen) atoms. The van der Waals surface area contributed by atoms with Crippen molar-refractivity contribution in [2.45, 2.75) is 13.8 Å². The van der Waals surface area contributed by atoms with Crippen LogP contribution in [0, 0.1) is 12.3 Å². The van der Waals surface area contributed by atoms with E-state index in [9.17, 15) is 0 Å². The molecular formula is C20H20N2. The van der Waals surface area contributed by atoms with Crippen molar-refractivity contribution in [3.63, 3.8) is 0 Å². The summed E-state index contributed by atoms with van der Waals surface area (Å²) in [4.78, 5) is 4.68. The molecule has 1 heterocycles. The highest BCUT2D eigenvalue weighted by atomic mass is 14.7. The Morgan fingerprint density at radius 3 is 2.36 bits per heavy atom. The van der Waals surface area contributed by atoms with E-state index in [-0.39, 0.29) is 0 Å². The lowest BCUT2D eigenvalue weighted by Gasteiger charge is -2.14. The number of aryl methyl sites for hydroxylation is 1. The Bertz CT molecular complexity index is 753. The summed E-state index contributed by atoms with van der Waals surface area (Å²) < 4.78 is 0. The molecule has 0 aliphatic rings. The fourth-order valence-electron chi connectivity index (χ4n) is 2.30. The normalized spacial score (nSPS) is 11.1. The largest absolute Gasteiger partial charge is 0.308 e. The van der Waals surface area contributed by atoms with Gasteiger partial charge in [0.1, 0.15) is 0 Å². The van der Waals surface area contributed by atoms with E-state index in [0.717, 1.165) is 33.7 Å². The van der Waals surface area contributed by atoms with E-state index in [1.165, 1.54) is 6.21 Å². The Hall–Kier alpha value is -2.74. The molecule has 0 bridgehead atoms. The number of pyridine rings is 1. The second-order valence-electron chi connectivity index (χ2n) is 5.08. The maximum atomic E-state index is 7.34. The lowest BCUT2D eigenvalue weighted by atomic mass is 9.94. The molecule has 0 atom stereocenters. The minimum absolute atomic E-state index is 0.599. The van der Waals surface area contributed by atoms with E-state index in [2.05, 4.69) is 18.1 Å². The van der Waals surface area contributed by atoms with Crippen LogP contribution in [0.2, 0.25) is 0 Å². The molecular weight excluding hydrogens is 268 g/mol. The van der Waals surface area contributed by atoms with Crippen LogP contribution in [-0.4, -0.2) is 11.2 Å². The third-order valence-corrected chi connectivity index (χ3v) is 3.59. The van der Waals surface area contributed by atoms with E-state index in [1.54, 1.807) is 0 Å². The lowest BCUT2D eigenvalue weighted by molar-refractivity contribution is 1.20. The SMILES string of the molecule is C=C(/C(=C/C)c1nc(C(=C)C=N)ccc1C)c1ccccc1. The van der Waals surface area contributed by atoms with Gasteiger partial charge in [-0.25, -0.2) is 4.98 Å². The molecule has 2 nitrogen and oxygen atoms in total. The Kier molecular flexibility index (Phi) is 4.84. The maximum absolute atomic E-state index is 7.34. The molecule has 1 N–H and O–H groups in total. The Morgan fingerprint density at radius 1 is 1.09 bits per heavy atom. The van der Waals surface area contributed by atoms with E-state index in [4.69, 9.17) is 5.41 Å². The molecule has 0 aliphatic carbocycles. The molecule has 0 aliphatic heterocycles. The molecule has 0 amide bonds. The molecule has 0 saturated heterocycles. The van der Waals surface area contributed by atoms with Crippen LogP contribution in [0.15, 0.2) is 61.7 Å². The van der Waals surface area contributed by atoms with Crippen LogP contribution in [0.25, 0.3) is 16.7 Å². The third kappa shape index (κ3) is 3.12. The second kappa shape index (κ2) is 6.81. The van der Waals surface area contributed by atoms with Crippen LogP contribution in [0.3, 0.4) is 0 Å². The highest BCUT2D eigenvalue weighted by molar-refractivity contribution is 6.07. The summed E-state index contributed by atoms with van der Waals surface area (Å²) in [5, 5.41) is 7.34. The van der Waals surface area contributed by atoms with E-state index in [1.807, 2.05) is 62.4 Å². The van der Waals surface area contributed by atoms with Crippen LogP contribution in [0.1, 0.15) is 29.4 Å².